The molecule has 1 aliphatic rings. The first-order chi connectivity index (χ1) is 7.67. The molecule has 1 aromatic rings. The van der Waals surface area contributed by atoms with Crippen LogP contribution in [0, 0.1) is 5.82 Å². The quantitative estimate of drug-likeness (QED) is 0.902. The molecule has 1 aliphatic heterocycles. The van der Waals surface area contributed by atoms with Gasteiger partial charge in [-0.1, -0.05) is 23.7 Å². The van der Waals surface area contributed by atoms with E-state index in [1.54, 1.807) is 18.2 Å². The lowest BCUT2D eigenvalue weighted by atomic mass is 9.94. The van der Waals surface area contributed by atoms with Crippen molar-refractivity contribution in [2.45, 2.75) is 24.0 Å². The van der Waals surface area contributed by atoms with Crippen LogP contribution in [0.2, 0.25) is 5.02 Å². The molecule has 2 rings (SSSR count). The Kier molecular flexibility index (Phi) is 3.77. The Morgan fingerprint density at radius 3 is 2.94 bits per heavy atom. The summed E-state index contributed by atoms with van der Waals surface area (Å²) in [5, 5.41) is 0.202. The molecular formula is C12H15ClFNS. The van der Waals surface area contributed by atoms with Crippen molar-refractivity contribution in [2.75, 3.05) is 12.3 Å². The smallest absolute Gasteiger partial charge is 0.145 e. The first kappa shape index (κ1) is 12.2. The van der Waals surface area contributed by atoms with Crippen LogP contribution in [0.4, 0.5) is 4.39 Å². The molecule has 1 aromatic carbocycles. The average molecular weight is 260 g/mol. The highest BCUT2D eigenvalue weighted by molar-refractivity contribution is 8.00. The average Bonchev–Trinajstić information content (AvgIpc) is 2.74. The second kappa shape index (κ2) is 4.94. The molecule has 1 saturated heterocycles. The van der Waals surface area contributed by atoms with Gasteiger partial charge in [-0.15, -0.1) is 0 Å². The molecule has 2 N–H and O–H groups in total. The lowest BCUT2D eigenvalue weighted by Crippen LogP contribution is -2.34. The third-order valence-electron chi connectivity index (χ3n) is 3.10. The van der Waals surface area contributed by atoms with Gasteiger partial charge in [0.1, 0.15) is 5.82 Å². The number of halogens is 2. The predicted molar refractivity (Wildman–Crippen MR) is 68.6 cm³/mol. The van der Waals surface area contributed by atoms with Gasteiger partial charge in [-0.25, -0.2) is 4.39 Å². The molecule has 0 spiro atoms. The van der Waals surface area contributed by atoms with E-state index in [1.165, 1.54) is 6.42 Å². The Labute approximate surface area is 105 Å². The van der Waals surface area contributed by atoms with Crippen molar-refractivity contribution in [2.24, 2.45) is 5.73 Å². The van der Waals surface area contributed by atoms with E-state index in [9.17, 15) is 4.39 Å². The molecule has 16 heavy (non-hydrogen) atoms. The fraction of sp³-hybridized carbons (Fsp3) is 0.500. The first-order valence-electron chi connectivity index (χ1n) is 5.44. The van der Waals surface area contributed by atoms with Crippen LogP contribution in [-0.4, -0.2) is 17.0 Å². The van der Waals surface area contributed by atoms with Crippen LogP contribution in [0.1, 0.15) is 18.4 Å². The van der Waals surface area contributed by atoms with Crippen LogP contribution in [0.15, 0.2) is 18.2 Å². The maximum atomic E-state index is 13.8. The van der Waals surface area contributed by atoms with Gasteiger partial charge >= 0.3 is 0 Å². The summed E-state index contributed by atoms with van der Waals surface area (Å²) in [6.07, 6.45) is 2.92. The Morgan fingerprint density at radius 1 is 1.50 bits per heavy atom. The van der Waals surface area contributed by atoms with Crippen molar-refractivity contribution >= 4 is 23.4 Å². The standard InChI is InChI=1S/C12H15ClFNS/c13-10-4-1-3-9(11(10)14)7-12(8-15)5-2-6-16-12/h1,3-4H,2,5-8,15H2. The molecule has 1 nitrogen and oxygen atoms in total. The minimum Gasteiger partial charge on any atom is -0.329 e. The summed E-state index contributed by atoms with van der Waals surface area (Å²) in [5.41, 5.74) is 6.52. The van der Waals surface area contributed by atoms with Gasteiger partial charge < -0.3 is 5.73 Å². The van der Waals surface area contributed by atoms with Gasteiger partial charge in [0.05, 0.1) is 5.02 Å². The molecule has 0 radical (unpaired) electrons. The van der Waals surface area contributed by atoms with Crippen LogP contribution in [0.5, 0.6) is 0 Å². The molecule has 88 valence electrons. The van der Waals surface area contributed by atoms with Crippen LogP contribution in [-0.2, 0) is 6.42 Å². The summed E-state index contributed by atoms with van der Waals surface area (Å²) in [6, 6.07) is 5.18. The minimum absolute atomic E-state index is 0.0194. The minimum atomic E-state index is -0.288. The lowest BCUT2D eigenvalue weighted by Gasteiger charge is -2.26. The molecule has 0 amide bonds. The fourth-order valence-electron chi connectivity index (χ4n) is 2.16. The van der Waals surface area contributed by atoms with Gasteiger partial charge in [0.15, 0.2) is 0 Å². The number of rotatable bonds is 3. The number of hydrogen-bond acceptors (Lipinski definition) is 2. The monoisotopic (exact) mass is 259 g/mol. The van der Waals surface area contributed by atoms with E-state index >= 15 is 0 Å². The highest BCUT2D eigenvalue weighted by Gasteiger charge is 2.34. The number of hydrogen-bond donors (Lipinski definition) is 1. The van der Waals surface area contributed by atoms with E-state index in [1.807, 2.05) is 11.8 Å². The van der Waals surface area contributed by atoms with Crippen molar-refractivity contribution < 1.29 is 4.39 Å². The van der Waals surface area contributed by atoms with Gasteiger partial charge in [0.25, 0.3) is 0 Å². The number of thioether (sulfide) groups is 1. The predicted octanol–water partition coefficient (Wildman–Crippen LogP) is 3.25. The third kappa shape index (κ3) is 2.36. The molecular weight excluding hydrogens is 245 g/mol. The topological polar surface area (TPSA) is 26.0 Å². The van der Waals surface area contributed by atoms with Crippen molar-refractivity contribution in [3.05, 3.63) is 34.6 Å². The molecule has 4 heteroatoms. The molecule has 1 unspecified atom stereocenters. The lowest BCUT2D eigenvalue weighted by molar-refractivity contribution is 0.538. The van der Waals surface area contributed by atoms with E-state index in [0.29, 0.717) is 18.5 Å². The molecule has 1 fully saturated rings. The molecule has 0 aliphatic carbocycles. The SMILES string of the molecule is NCC1(Cc2cccc(Cl)c2F)CCCS1. The van der Waals surface area contributed by atoms with Crippen molar-refractivity contribution in [1.29, 1.82) is 0 Å². The second-order valence-electron chi connectivity index (χ2n) is 4.23. The largest absolute Gasteiger partial charge is 0.329 e. The van der Waals surface area contributed by atoms with Crippen LogP contribution >= 0.6 is 23.4 Å². The van der Waals surface area contributed by atoms with E-state index in [4.69, 9.17) is 17.3 Å². The van der Waals surface area contributed by atoms with E-state index in [2.05, 4.69) is 0 Å². The molecule has 0 saturated carbocycles. The van der Waals surface area contributed by atoms with E-state index in [0.717, 1.165) is 12.2 Å². The summed E-state index contributed by atoms with van der Waals surface area (Å²) in [5.74, 6) is 0.837. The second-order valence-corrected chi connectivity index (χ2v) is 6.20. The summed E-state index contributed by atoms with van der Waals surface area (Å²) in [7, 11) is 0. The normalized spacial score (nSPS) is 24.9. The van der Waals surface area contributed by atoms with Crippen LogP contribution < -0.4 is 5.73 Å². The van der Waals surface area contributed by atoms with Gasteiger partial charge in [-0.3, -0.25) is 0 Å². The maximum Gasteiger partial charge on any atom is 0.145 e. The molecule has 1 atom stereocenters. The van der Waals surface area contributed by atoms with Crippen molar-refractivity contribution in [1.82, 2.24) is 0 Å². The Bertz CT molecular complexity index is 377. The Hall–Kier alpha value is -0.250. The molecule has 1 heterocycles. The fourth-order valence-corrected chi connectivity index (χ4v) is 3.74. The van der Waals surface area contributed by atoms with Crippen LogP contribution in [0.25, 0.3) is 0 Å². The summed E-state index contributed by atoms with van der Waals surface area (Å²) in [4.78, 5) is 0. The van der Waals surface area contributed by atoms with E-state index in [-0.39, 0.29) is 15.6 Å². The summed E-state index contributed by atoms with van der Waals surface area (Å²) in [6.45, 7) is 0.601. The maximum absolute atomic E-state index is 13.8. The third-order valence-corrected chi connectivity index (χ3v) is 5.01. The zero-order chi connectivity index (χ0) is 11.6. The van der Waals surface area contributed by atoms with Gasteiger partial charge in [0.2, 0.25) is 0 Å². The molecule has 0 bridgehead atoms. The zero-order valence-electron chi connectivity index (χ0n) is 9.01. The summed E-state index contributed by atoms with van der Waals surface area (Å²) >= 11 is 7.64. The van der Waals surface area contributed by atoms with Crippen molar-refractivity contribution in [3.8, 4) is 0 Å². The Morgan fingerprint density at radius 2 is 2.31 bits per heavy atom. The van der Waals surface area contributed by atoms with Gasteiger partial charge in [0, 0.05) is 11.3 Å². The number of benzene rings is 1. The Balaban J connectivity index is 2.22. The zero-order valence-corrected chi connectivity index (χ0v) is 10.6. The van der Waals surface area contributed by atoms with E-state index < -0.39 is 0 Å². The van der Waals surface area contributed by atoms with Crippen molar-refractivity contribution in [3.63, 3.8) is 0 Å². The highest BCUT2D eigenvalue weighted by Crippen LogP contribution is 2.40. The van der Waals surface area contributed by atoms with Crippen LogP contribution in [0.3, 0.4) is 0 Å². The van der Waals surface area contributed by atoms with Gasteiger partial charge in [-0.05, 0) is 36.6 Å². The highest BCUT2D eigenvalue weighted by atomic mass is 35.5. The number of nitrogens with two attached hydrogens (primary N) is 1. The van der Waals surface area contributed by atoms with Gasteiger partial charge in [-0.2, -0.15) is 11.8 Å². The summed E-state index contributed by atoms with van der Waals surface area (Å²) < 4.78 is 13.8. The molecule has 0 aromatic heterocycles. The first-order valence-corrected chi connectivity index (χ1v) is 6.80.